The second kappa shape index (κ2) is 7.16. The van der Waals surface area contributed by atoms with Crippen molar-refractivity contribution in [2.24, 2.45) is 0 Å². The summed E-state index contributed by atoms with van der Waals surface area (Å²) in [5, 5.41) is 22.1. The molecule has 1 heterocycles. The number of aliphatic hydroxyl groups is 1. The number of nitro groups is 1. The van der Waals surface area contributed by atoms with Crippen LogP contribution in [0.3, 0.4) is 0 Å². The number of β-amino-alcohol motifs (C(OH)–C–C–N with tert-alkyl or cyclic N) is 1. The number of carbonyl (C=O) groups excluding carboxylic acids is 1. The summed E-state index contributed by atoms with van der Waals surface area (Å²) in [5.74, 6) is -0.960. The monoisotopic (exact) mass is 372 g/mol. The van der Waals surface area contributed by atoms with Gasteiger partial charge in [-0.25, -0.2) is 9.18 Å². The van der Waals surface area contributed by atoms with Crippen molar-refractivity contribution in [2.45, 2.75) is 5.60 Å². The molecular formula is C19H17FN2O5. The molecule has 0 saturated carbocycles. The summed E-state index contributed by atoms with van der Waals surface area (Å²) in [5.41, 5.74) is 0.0705. The van der Waals surface area contributed by atoms with Gasteiger partial charge in [0.1, 0.15) is 17.1 Å². The van der Waals surface area contributed by atoms with Crippen LogP contribution in [0.4, 0.5) is 15.8 Å². The topological polar surface area (TPSA) is 92.9 Å². The van der Waals surface area contributed by atoms with E-state index in [2.05, 4.69) is 4.74 Å². The summed E-state index contributed by atoms with van der Waals surface area (Å²) in [6.07, 6.45) is 2.60. The normalized spacial score (nSPS) is 15.4. The van der Waals surface area contributed by atoms with Crippen LogP contribution < -0.4 is 4.90 Å². The Bertz CT molecular complexity index is 905. The molecule has 1 fully saturated rings. The van der Waals surface area contributed by atoms with Crippen LogP contribution in [0.2, 0.25) is 0 Å². The van der Waals surface area contributed by atoms with E-state index < -0.39 is 22.3 Å². The zero-order valence-corrected chi connectivity index (χ0v) is 14.5. The Kier molecular flexibility index (Phi) is 4.91. The first-order valence-corrected chi connectivity index (χ1v) is 8.10. The Labute approximate surface area is 154 Å². The number of nitrogens with zero attached hydrogens (tertiary/aromatic N) is 2. The van der Waals surface area contributed by atoms with Crippen molar-refractivity contribution in [1.29, 1.82) is 0 Å². The standard InChI is InChI=1S/C19H17FN2O5/c1-27-18(23)9-3-13-2-8-16(17(10-13)22(25)26)21-11-19(24,12-21)14-4-6-15(20)7-5-14/h2-10,24H,11-12H2,1H3/b9-3+. The highest BCUT2D eigenvalue weighted by Gasteiger charge is 2.44. The van der Waals surface area contributed by atoms with Gasteiger partial charge >= 0.3 is 5.97 Å². The van der Waals surface area contributed by atoms with E-state index in [-0.39, 0.29) is 18.8 Å². The maximum absolute atomic E-state index is 13.1. The predicted octanol–water partition coefficient (Wildman–Crippen LogP) is 2.63. The molecule has 0 spiro atoms. The average molecular weight is 372 g/mol. The summed E-state index contributed by atoms with van der Waals surface area (Å²) < 4.78 is 17.5. The van der Waals surface area contributed by atoms with Crippen LogP contribution in [0.25, 0.3) is 6.08 Å². The van der Waals surface area contributed by atoms with Crippen molar-refractivity contribution >= 4 is 23.4 Å². The Morgan fingerprint density at radius 3 is 2.56 bits per heavy atom. The molecule has 0 bridgehead atoms. The molecule has 3 rings (SSSR count). The maximum atomic E-state index is 13.1. The molecule has 1 N–H and O–H groups in total. The minimum atomic E-state index is -1.19. The third-order valence-electron chi connectivity index (χ3n) is 4.44. The lowest BCUT2D eigenvalue weighted by Crippen LogP contribution is -2.59. The van der Waals surface area contributed by atoms with Crippen LogP contribution in [-0.4, -0.2) is 36.2 Å². The number of ether oxygens (including phenoxy) is 1. The molecule has 1 saturated heterocycles. The number of rotatable bonds is 5. The number of carbonyl (C=O) groups is 1. The summed E-state index contributed by atoms with van der Waals surface area (Å²) in [4.78, 5) is 23.8. The van der Waals surface area contributed by atoms with Gasteiger partial charge in [-0.1, -0.05) is 18.2 Å². The SMILES string of the molecule is COC(=O)/C=C/c1ccc(N2CC(O)(c3ccc(F)cc3)C2)c([N+](=O)[O-])c1. The van der Waals surface area contributed by atoms with Gasteiger partial charge in [0.2, 0.25) is 0 Å². The van der Waals surface area contributed by atoms with Crippen molar-refractivity contribution in [3.05, 3.63) is 75.6 Å². The molecule has 0 aliphatic carbocycles. The lowest BCUT2D eigenvalue weighted by molar-refractivity contribution is -0.384. The van der Waals surface area contributed by atoms with Crippen LogP contribution in [-0.2, 0) is 15.1 Å². The molecule has 0 atom stereocenters. The molecule has 0 amide bonds. The zero-order chi connectivity index (χ0) is 19.6. The second-order valence-corrected chi connectivity index (χ2v) is 6.26. The molecule has 8 heteroatoms. The van der Waals surface area contributed by atoms with E-state index in [0.717, 1.165) is 0 Å². The number of halogens is 1. The molecule has 1 aliphatic rings. The minimum absolute atomic E-state index is 0.136. The van der Waals surface area contributed by atoms with E-state index in [1.54, 1.807) is 17.0 Å². The molecule has 27 heavy (non-hydrogen) atoms. The van der Waals surface area contributed by atoms with Crippen LogP contribution in [0.15, 0.2) is 48.5 Å². The van der Waals surface area contributed by atoms with E-state index in [1.807, 2.05) is 0 Å². The summed E-state index contributed by atoms with van der Waals surface area (Å²) in [6, 6.07) is 10.1. The lowest BCUT2D eigenvalue weighted by atomic mass is 9.85. The second-order valence-electron chi connectivity index (χ2n) is 6.26. The number of anilines is 1. The fraction of sp³-hybridized carbons (Fsp3) is 0.211. The third-order valence-corrected chi connectivity index (χ3v) is 4.44. The van der Waals surface area contributed by atoms with E-state index in [1.165, 1.54) is 49.6 Å². The van der Waals surface area contributed by atoms with E-state index in [0.29, 0.717) is 16.8 Å². The molecule has 7 nitrogen and oxygen atoms in total. The Morgan fingerprint density at radius 1 is 1.30 bits per heavy atom. The van der Waals surface area contributed by atoms with Crippen LogP contribution in [0, 0.1) is 15.9 Å². The minimum Gasteiger partial charge on any atom is -0.466 e. The Morgan fingerprint density at radius 2 is 1.96 bits per heavy atom. The quantitative estimate of drug-likeness (QED) is 0.375. The molecule has 0 unspecified atom stereocenters. The van der Waals surface area contributed by atoms with Crippen molar-refractivity contribution in [1.82, 2.24) is 0 Å². The molecule has 140 valence electrons. The van der Waals surface area contributed by atoms with E-state index in [4.69, 9.17) is 0 Å². The first-order chi connectivity index (χ1) is 12.8. The number of hydrogen-bond donors (Lipinski definition) is 1. The highest BCUT2D eigenvalue weighted by atomic mass is 19.1. The number of benzene rings is 2. The number of hydrogen-bond acceptors (Lipinski definition) is 6. The van der Waals surface area contributed by atoms with Gasteiger partial charge in [0, 0.05) is 12.1 Å². The van der Waals surface area contributed by atoms with Gasteiger partial charge in [-0.2, -0.15) is 0 Å². The van der Waals surface area contributed by atoms with Gasteiger partial charge in [0.15, 0.2) is 0 Å². The highest BCUT2D eigenvalue weighted by molar-refractivity contribution is 5.87. The van der Waals surface area contributed by atoms with Crippen molar-refractivity contribution in [2.75, 3.05) is 25.1 Å². The number of nitro benzene ring substituents is 1. The smallest absolute Gasteiger partial charge is 0.330 e. The third kappa shape index (κ3) is 3.80. The van der Waals surface area contributed by atoms with Gasteiger partial charge in [-0.3, -0.25) is 10.1 Å². The summed E-state index contributed by atoms with van der Waals surface area (Å²) >= 11 is 0. The highest BCUT2D eigenvalue weighted by Crippen LogP contribution is 2.39. The van der Waals surface area contributed by atoms with E-state index in [9.17, 15) is 24.4 Å². The molecule has 0 aromatic heterocycles. The molecule has 0 radical (unpaired) electrons. The summed E-state index contributed by atoms with van der Waals surface area (Å²) in [7, 11) is 1.24. The zero-order valence-electron chi connectivity index (χ0n) is 14.5. The van der Waals surface area contributed by atoms with Gasteiger partial charge in [-0.05, 0) is 35.4 Å². The number of esters is 1. The molecule has 2 aromatic carbocycles. The Hall–Kier alpha value is -3.26. The first kappa shape index (κ1) is 18.5. The summed E-state index contributed by atoms with van der Waals surface area (Å²) in [6.45, 7) is 0.299. The van der Waals surface area contributed by atoms with Crippen molar-refractivity contribution < 1.29 is 24.0 Å². The van der Waals surface area contributed by atoms with E-state index >= 15 is 0 Å². The van der Waals surface area contributed by atoms with Crippen LogP contribution >= 0.6 is 0 Å². The lowest BCUT2D eigenvalue weighted by Gasteiger charge is -2.47. The average Bonchev–Trinajstić information content (AvgIpc) is 2.63. The van der Waals surface area contributed by atoms with Crippen LogP contribution in [0.5, 0.6) is 0 Å². The first-order valence-electron chi connectivity index (χ1n) is 8.10. The Balaban J connectivity index is 1.81. The largest absolute Gasteiger partial charge is 0.466 e. The molecule has 2 aromatic rings. The molecular weight excluding hydrogens is 355 g/mol. The van der Waals surface area contributed by atoms with Gasteiger partial charge in [-0.15, -0.1) is 0 Å². The fourth-order valence-corrected chi connectivity index (χ4v) is 2.99. The maximum Gasteiger partial charge on any atom is 0.330 e. The van der Waals surface area contributed by atoms with Crippen molar-refractivity contribution in [3.8, 4) is 0 Å². The molecule has 1 aliphatic heterocycles. The van der Waals surface area contributed by atoms with Gasteiger partial charge in [0.05, 0.1) is 25.1 Å². The van der Waals surface area contributed by atoms with Gasteiger partial charge in [0.25, 0.3) is 5.69 Å². The fourth-order valence-electron chi connectivity index (χ4n) is 2.99. The van der Waals surface area contributed by atoms with Gasteiger partial charge < -0.3 is 14.7 Å². The predicted molar refractivity (Wildman–Crippen MR) is 96.7 cm³/mol. The van der Waals surface area contributed by atoms with Crippen molar-refractivity contribution in [3.63, 3.8) is 0 Å². The number of methoxy groups -OCH3 is 1. The van der Waals surface area contributed by atoms with Crippen LogP contribution in [0.1, 0.15) is 11.1 Å².